The quantitative estimate of drug-likeness (QED) is 0.869. The zero-order chi connectivity index (χ0) is 15.7. The van der Waals surface area contributed by atoms with Crippen LogP contribution in [-0.4, -0.2) is 58.8 Å². The van der Waals surface area contributed by atoms with Crippen molar-refractivity contribution in [3.05, 3.63) is 30.1 Å². The summed E-state index contributed by atoms with van der Waals surface area (Å²) >= 11 is 0. The van der Waals surface area contributed by atoms with Crippen molar-refractivity contribution in [3.63, 3.8) is 0 Å². The van der Waals surface area contributed by atoms with Crippen molar-refractivity contribution in [2.45, 2.75) is 32.0 Å². The summed E-state index contributed by atoms with van der Waals surface area (Å²) in [5.74, 6) is 0.315. The van der Waals surface area contributed by atoms with Crippen LogP contribution in [0.5, 0.6) is 0 Å². The molecule has 6 heteroatoms. The van der Waals surface area contributed by atoms with E-state index in [0.29, 0.717) is 5.92 Å². The molecule has 0 spiro atoms. The van der Waals surface area contributed by atoms with E-state index in [1.165, 1.54) is 5.56 Å². The highest BCUT2D eigenvalue weighted by Crippen LogP contribution is 2.36. The van der Waals surface area contributed by atoms with E-state index in [0.717, 1.165) is 26.1 Å². The van der Waals surface area contributed by atoms with Crippen molar-refractivity contribution < 1.29 is 9.59 Å². The SMILES string of the molecule is CNC(=O)[C@@H]1C[C@H]2CN(Cc3cccnc3)C[C@H]2N1C(C)=O. The molecule has 2 aliphatic heterocycles. The molecule has 1 N–H and O–H groups in total. The minimum Gasteiger partial charge on any atom is -0.357 e. The summed E-state index contributed by atoms with van der Waals surface area (Å²) in [4.78, 5) is 32.3. The Hall–Kier alpha value is -1.95. The number of likely N-dealkylation sites (N-methyl/N-ethyl adjacent to an activating group) is 1. The van der Waals surface area contributed by atoms with Gasteiger partial charge in [-0.2, -0.15) is 0 Å². The number of carbonyl (C=O) groups is 2. The van der Waals surface area contributed by atoms with E-state index in [9.17, 15) is 9.59 Å². The molecule has 2 saturated heterocycles. The molecule has 2 aliphatic rings. The molecule has 3 rings (SSSR count). The van der Waals surface area contributed by atoms with Crippen LogP contribution >= 0.6 is 0 Å². The van der Waals surface area contributed by atoms with E-state index in [1.54, 1.807) is 25.1 Å². The van der Waals surface area contributed by atoms with Crippen molar-refractivity contribution in [2.75, 3.05) is 20.1 Å². The number of amides is 2. The van der Waals surface area contributed by atoms with Crippen LogP contribution in [0.15, 0.2) is 24.5 Å². The van der Waals surface area contributed by atoms with Gasteiger partial charge in [0.1, 0.15) is 6.04 Å². The highest BCUT2D eigenvalue weighted by Gasteiger charge is 2.49. The Morgan fingerprint density at radius 1 is 1.41 bits per heavy atom. The fourth-order valence-corrected chi connectivity index (χ4v) is 3.85. The first kappa shape index (κ1) is 15.0. The third-order valence-corrected chi connectivity index (χ3v) is 4.74. The van der Waals surface area contributed by atoms with E-state index in [-0.39, 0.29) is 23.9 Å². The molecule has 0 aliphatic carbocycles. The van der Waals surface area contributed by atoms with Crippen LogP contribution in [0.1, 0.15) is 18.9 Å². The molecule has 3 heterocycles. The van der Waals surface area contributed by atoms with Crippen molar-refractivity contribution in [1.82, 2.24) is 20.1 Å². The Morgan fingerprint density at radius 2 is 2.23 bits per heavy atom. The smallest absolute Gasteiger partial charge is 0.242 e. The summed E-state index contributed by atoms with van der Waals surface area (Å²) in [6, 6.07) is 3.85. The lowest BCUT2D eigenvalue weighted by molar-refractivity contribution is -0.138. The Bertz CT molecular complexity index is 563. The number of carbonyl (C=O) groups excluding carboxylic acids is 2. The second-order valence-electron chi connectivity index (χ2n) is 6.17. The fourth-order valence-electron chi connectivity index (χ4n) is 3.85. The molecule has 2 fully saturated rings. The van der Waals surface area contributed by atoms with E-state index >= 15 is 0 Å². The average Bonchev–Trinajstić information content (AvgIpc) is 3.03. The number of nitrogens with one attached hydrogen (secondary N) is 1. The third-order valence-electron chi connectivity index (χ3n) is 4.74. The predicted molar refractivity (Wildman–Crippen MR) is 81.8 cm³/mol. The van der Waals surface area contributed by atoms with Crippen molar-refractivity contribution in [1.29, 1.82) is 0 Å². The molecule has 0 bridgehead atoms. The van der Waals surface area contributed by atoms with Crippen LogP contribution in [0.25, 0.3) is 0 Å². The summed E-state index contributed by atoms with van der Waals surface area (Å²) in [6.45, 7) is 4.16. The Labute approximate surface area is 130 Å². The highest BCUT2D eigenvalue weighted by atomic mass is 16.2. The molecular weight excluding hydrogens is 280 g/mol. The maximum atomic E-state index is 12.0. The van der Waals surface area contributed by atoms with E-state index in [4.69, 9.17) is 0 Å². The molecule has 3 atom stereocenters. The van der Waals surface area contributed by atoms with Crippen molar-refractivity contribution in [2.24, 2.45) is 5.92 Å². The van der Waals surface area contributed by atoms with Crippen LogP contribution in [0.2, 0.25) is 0 Å². The first-order chi connectivity index (χ1) is 10.6. The second-order valence-corrected chi connectivity index (χ2v) is 6.17. The number of likely N-dealkylation sites (tertiary alicyclic amines) is 2. The number of hydrogen-bond acceptors (Lipinski definition) is 4. The fraction of sp³-hybridized carbons (Fsp3) is 0.562. The van der Waals surface area contributed by atoms with Gasteiger partial charge in [0.15, 0.2) is 0 Å². The lowest BCUT2D eigenvalue weighted by atomic mass is 10.0. The topological polar surface area (TPSA) is 65.5 Å². The van der Waals surface area contributed by atoms with Gasteiger partial charge in [0.2, 0.25) is 11.8 Å². The second kappa shape index (κ2) is 6.04. The number of rotatable bonds is 3. The summed E-state index contributed by atoms with van der Waals surface area (Å²) in [5.41, 5.74) is 1.18. The summed E-state index contributed by atoms with van der Waals surface area (Å²) in [6.07, 6.45) is 4.41. The molecule has 0 radical (unpaired) electrons. The van der Waals surface area contributed by atoms with Crippen molar-refractivity contribution >= 4 is 11.8 Å². The summed E-state index contributed by atoms with van der Waals surface area (Å²) < 4.78 is 0. The van der Waals surface area contributed by atoms with Gasteiger partial charge in [0.25, 0.3) is 0 Å². The lowest BCUT2D eigenvalue weighted by Crippen LogP contribution is -2.49. The van der Waals surface area contributed by atoms with Gasteiger partial charge in [-0.05, 0) is 24.0 Å². The van der Waals surface area contributed by atoms with E-state index < -0.39 is 0 Å². The maximum Gasteiger partial charge on any atom is 0.242 e. The van der Waals surface area contributed by atoms with Gasteiger partial charge in [-0.25, -0.2) is 0 Å². The number of pyridine rings is 1. The Balaban J connectivity index is 1.70. The van der Waals surface area contributed by atoms with Gasteiger partial charge in [0.05, 0.1) is 0 Å². The first-order valence-electron chi connectivity index (χ1n) is 7.72. The van der Waals surface area contributed by atoms with Gasteiger partial charge in [-0.1, -0.05) is 6.07 Å². The van der Waals surface area contributed by atoms with Gasteiger partial charge in [0, 0.05) is 52.0 Å². The monoisotopic (exact) mass is 302 g/mol. The van der Waals surface area contributed by atoms with Crippen LogP contribution in [0, 0.1) is 5.92 Å². The van der Waals surface area contributed by atoms with Gasteiger partial charge in [-0.3, -0.25) is 19.5 Å². The highest BCUT2D eigenvalue weighted by molar-refractivity contribution is 5.87. The number of hydrogen-bond donors (Lipinski definition) is 1. The molecule has 2 amide bonds. The number of aromatic nitrogens is 1. The van der Waals surface area contributed by atoms with Crippen LogP contribution in [0.3, 0.4) is 0 Å². The number of nitrogens with zero attached hydrogens (tertiary/aromatic N) is 3. The van der Waals surface area contributed by atoms with Crippen LogP contribution in [-0.2, 0) is 16.1 Å². The lowest BCUT2D eigenvalue weighted by Gasteiger charge is -2.28. The molecule has 0 unspecified atom stereocenters. The average molecular weight is 302 g/mol. The molecule has 6 nitrogen and oxygen atoms in total. The van der Waals surface area contributed by atoms with Gasteiger partial charge < -0.3 is 10.2 Å². The third kappa shape index (κ3) is 2.70. The molecule has 22 heavy (non-hydrogen) atoms. The van der Waals surface area contributed by atoms with Crippen LogP contribution in [0.4, 0.5) is 0 Å². The molecule has 1 aromatic heterocycles. The zero-order valence-corrected chi connectivity index (χ0v) is 13.0. The molecule has 1 aromatic rings. The molecule has 118 valence electrons. The zero-order valence-electron chi connectivity index (χ0n) is 13.0. The molecule has 0 saturated carbocycles. The minimum atomic E-state index is -0.307. The first-order valence-corrected chi connectivity index (χ1v) is 7.72. The Kier molecular flexibility index (Phi) is 4.11. The molecule has 0 aromatic carbocycles. The minimum absolute atomic E-state index is 0.00988. The normalized spacial score (nSPS) is 27.7. The van der Waals surface area contributed by atoms with Gasteiger partial charge >= 0.3 is 0 Å². The summed E-state index contributed by atoms with van der Waals surface area (Å²) in [5, 5.41) is 2.68. The van der Waals surface area contributed by atoms with E-state index in [1.807, 2.05) is 12.3 Å². The Morgan fingerprint density at radius 3 is 2.86 bits per heavy atom. The van der Waals surface area contributed by atoms with Crippen molar-refractivity contribution in [3.8, 4) is 0 Å². The van der Waals surface area contributed by atoms with Gasteiger partial charge in [-0.15, -0.1) is 0 Å². The predicted octanol–water partition coefficient (Wildman–Crippen LogP) is 0.249. The maximum absolute atomic E-state index is 12.0. The number of fused-ring (bicyclic) bond motifs is 1. The molecular formula is C16H22N4O2. The van der Waals surface area contributed by atoms with Crippen LogP contribution < -0.4 is 5.32 Å². The summed E-state index contributed by atoms with van der Waals surface area (Å²) in [7, 11) is 1.63. The van der Waals surface area contributed by atoms with E-state index in [2.05, 4.69) is 21.3 Å². The largest absolute Gasteiger partial charge is 0.357 e. The standard InChI is InChI=1S/C16H22N4O2/c1-11(21)20-14(16(22)17-2)6-13-9-19(10-15(13)20)8-12-4-3-5-18-7-12/h3-5,7,13-15H,6,8-10H2,1-2H3,(H,17,22)/t13-,14-,15+/m0/s1.